The van der Waals surface area contributed by atoms with Gasteiger partial charge in [0, 0.05) is 19.5 Å². The Hall–Kier alpha value is -1.12. The van der Waals surface area contributed by atoms with Crippen LogP contribution in [0.4, 0.5) is 0 Å². The quantitative estimate of drug-likeness (QED) is 0.0977. The van der Waals surface area contributed by atoms with Gasteiger partial charge in [-0.1, -0.05) is 24.2 Å². The molecule has 2 heterocycles. The molecule has 44 heavy (non-hydrogen) atoms. The zero-order valence-electron chi connectivity index (χ0n) is 22.2. The molecule has 0 bridgehead atoms. The van der Waals surface area contributed by atoms with E-state index >= 15 is 0 Å². The molecule has 0 aliphatic heterocycles. The predicted molar refractivity (Wildman–Crippen MR) is 146 cm³/mol. The molecule has 3 rings (SSSR count). The van der Waals surface area contributed by atoms with E-state index in [-0.39, 0.29) is 80.8 Å². The maximum atomic E-state index is 12.8. The fourth-order valence-electron chi connectivity index (χ4n) is 3.39. The van der Waals surface area contributed by atoms with Crippen molar-refractivity contribution in [3.05, 3.63) is 29.3 Å². The molecule has 0 fully saturated rings. The number of nitrogens with zero attached hydrogens (tertiary/aromatic N) is 3. The van der Waals surface area contributed by atoms with Gasteiger partial charge in [0.15, 0.2) is 11.5 Å². The van der Waals surface area contributed by atoms with Crippen LogP contribution in [0.25, 0.3) is 22.7 Å². The van der Waals surface area contributed by atoms with Gasteiger partial charge in [-0.2, -0.15) is 13.6 Å². The Labute approximate surface area is 289 Å². The molecule has 1 amide bonds. The molecule has 0 saturated heterocycles. The third kappa shape index (κ3) is 10.7. The molecule has 0 radical (unpaired) electrons. The van der Waals surface area contributed by atoms with Crippen molar-refractivity contribution in [2.24, 2.45) is 0 Å². The van der Waals surface area contributed by atoms with Crippen molar-refractivity contribution in [2.75, 3.05) is 6.54 Å². The van der Waals surface area contributed by atoms with Crippen molar-refractivity contribution in [1.29, 1.82) is 0 Å². The third-order valence-electron chi connectivity index (χ3n) is 4.82. The Morgan fingerprint density at radius 2 is 1.45 bits per heavy atom. The molecule has 0 saturated carbocycles. The van der Waals surface area contributed by atoms with Gasteiger partial charge in [0.05, 0.1) is 5.56 Å². The summed E-state index contributed by atoms with van der Waals surface area (Å²) in [6.07, 6.45) is 0. The van der Waals surface area contributed by atoms with E-state index in [2.05, 4.69) is 29.2 Å². The van der Waals surface area contributed by atoms with E-state index in [1.165, 1.54) is 20.8 Å². The number of phosphoric acid groups is 4. The van der Waals surface area contributed by atoms with Crippen molar-refractivity contribution in [2.45, 2.75) is 33.6 Å². The zero-order chi connectivity index (χ0) is 32.5. The number of amides is 1. The summed E-state index contributed by atoms with van der Waals surface area (Å²) in [6.45, 7) is 6.22. The van der Waals surface area contributed by atoms with E-state index in [9.17, 15) is 32.8 Å². The molecular weight excluding hydrogens is 707 g/mol. The fourth-order valence-corrected chi connectivity index (χ4v) is 6.62. The second-order valence-electron chi connectivity index (χ2n) is 8.54. The van der Waals surface area contributed by atoms with Crippen LogP contribution in [-0.4, -0.2) is 108 Å². The van der Waals surface area contributed by atoms with Gasteiger partial charge in [-0.25, -0.2) is 18.3 Å². The number of aryl methyl sites for hydroxylation is 1. The molecule has 2 unspecified atom stereocenters. The third-order valence-corrected chi connectivity index (χ3v) is 9.03. The topological polar surface area (TPSA) is 321 Å². The number of rotatable bonds is 13. The monoisotopic (exact) mass is 732 g/mol. The molecule has 2 aromatic heterocycles. The molecule has 21 nitrogen and oxygen atoms in total. The van der Waals surface area contributed by atoms with Gasteiger partial charge in [0.2, 0.25) is 11.7 Å². The Balaban J connectivity index is 0.00000675. The van der Waals surface area contributed by atoms with E-state index in [1.807, 2.05) is 0 Å². The number of carbonyl (C=O) groups excluding carboxylic acids is 1. The summed E-state index contributed by atoms with van der Waals surface area (Å²) in [5.41, 5.74) is -1.11. The van der Waals surface area contributed by atoms with Gasteiger partial charge >= 0.3 is 82.7 Å². The van der Waals surface area contributed by atoms with Crippen LogP contribution < -0.4 is 14.4 Å². The van der Waals surface area contributed by atoms with Gasteiger partial charge in [-0.3, -0.25) is 14.6 Å². The van der Waals surface area contributed by atoms with Crippen LogP contribution in [0, 0.1) is 6.92 Å². The Morgan fingerprint density at radius 1 is 0.909 bits per heavy atom. The number of hydrogen-bond donors (Lipinski definition) is 7. The van der Waals surface area contributed by atoms with E-state index in [4.69, 9.17) is 37.7 Å². The first kappa shape index (κ1) is 39.1. The normalized spacial score (nSPS) is 14.8. The second-order valence-corrected chi connectivity index (χ2v) is 14.0. The van der Waals surface area contributed by atoms with Gasteiger partial charge in [0.1, 0.15) is 17.1 Å². The van der Waals surface area contributed by atoms with E-state index in [0.717, 1.165) is 6.07 Å². The van der Waals surface area contributed by atoms with Crippen LogP contribution in [0.5, 0.6) is 11.5 Å². The van der Waals surface area contributed by atoms with Crippen LogP contribution in [0.3, 0.4) is 0 Å². The van der Waals surface area contributed by atoms with E-state index < -0.39 is 71.6 Å². The van der Waals surface area contributed by atoms with Crippen LogP contribution in [-0.2, 0) is 26.9 Å². The van der Waals surface area contributed by atoms with Crippen LogP contribution >= 0.6 is 31.3 Å². The summed E-state index contributed by atoms with van der Waals surface area (Å²) in [5.74, 6) is -3.74. The number of benzene rings is 1. The van der Waals surface area contributed by atoms with Crippen molar-refractivity contribution in [3.63, 3.8) is 0 Å². The zero-order valence-corrected chi connectivity index (χ0v) is 25.8. The summed E-state index contributed by atoms with van der Waals surface area (Å²) in [5, 5.41) is 9.93. The van der Waals surface area contributed by atoms with Crippen molar-refractivity contribution in [3.8, 4) is 34.2 Å². The molecule has 0 aliphatic carbocycles. The van der Waals surface area contributed by atoms with Crippen molar-refractivity contribution < 1.29 is 79.1 Å². The minimum atomic E-state index is -5.73. The first-order valence-electron chi connectivity index (χ1n) is 11.5. The average molecular weight is 732 g/mol. The Bertz CT molecular complexity index is 1710. The van der Waals surface area contributed by atoms with Gasteiger partial charge < -0.3 is 43.0 Å². The van der Waals surface area contributed by atoms with E-state index in [0.29, 0.717) is 6.07 Å². The molecule has 26 heteroatoms. The number of carbonyl (C=O) groups is 1. The van der Waals surface area contributed by atoms with Gasteiger partial charge in [-0.05, 0) is 24.5 Å². The number of hydrogen-bond acceptors (Lipinski definition) is 14. The SMILES string of the molecule is CCNC(=O)c1noc(-c2cc(C(C)C)c(OP(=O)(O)OP(=O)(O)O)cc2OP(=O)(O)OP(=O)(O)O)c1-c1noc(C)n1.[KH]. The average Bonchev–Trinajstić information content (AvgIpc) is 3.41. The summed E-state index contributed by atoms with van der Waals surface area (Å²) in [7, 11) is -22.6. The molecular formula is C18H25KN4O17P4. The number of phosphoric ester groups is 2. The summed E-state index contributed by atoms with van der Waals surface area (Å²) >= 11 is 0. The molecule has 2 atom stereocenters. The molecule has 0 aliphatic rings. The molecule has 7 N–H and O–H groups in total. The van der Waals surface area contributed by atoms with E-state index in [1.54, 1.807) is 6.92 Å². The number of nitrogens with one attached hydrogen (secondary N) is 1. The first-order valence-corrected chi connectivity index (χ1v) is 17.5. The predicted octanol–water partition coefficient (Wildman–Crippen LogP) is 2.10. The molecule has 1 aromatic carbocycles. The first-order chi connectivity index (χ1) is 19.6. The minimum absolute atomic E-state index is 0. The second kappa shape index (κ2) is 14.7. The van der Waals surface area contributed by atoms with Crippen molar-refractivity contribution >= 4 is 88.6 Å². The summed E-state index contributed by atoms with van der Waals surface area (Å²) in [6, 6.07) is 1.69. The number of aromatic nitrogens is 3. The van der Waals surface area contributed by atoms with Crippen molar-refractivity contribution in [1.82, 2.24) is 20.6 Å². The van der Waals surface area contributed by atoms with Crippen LogP contribution in [0.1, 0.15) is 48.6 Å². The van der Waals surface area contributed by atoms with Gasteiger partial charge in [0.25, 0.3) is 5.91 Å². The van der Waals surface area contributed by atoms with Gasteiger partial charge in [-0.15, -0.1) is 0 Å². The molecule has 3 aromatic rings. The van der Waals surface area contributed by atoms with Crippen LogP contribution in [0.15, 0.2) is 21.2 Å². The Morgan fingerprint density at radius 3 is 1.91 bits per heavy atom. The maximum absolute atomic E-state index is 12.8. The summed E-state index contributed by atoms with van der Waals surface area (Å²) < 4.78 is 75.0. The fraction of sp³-hybridized carbons (Fsp3) is 0.333. The van der Waals surface area contributed by atoms with Crippen LogP contribution in [0.2, 0.25) is 0 Å². The standard InChI is InChI=1S/C18H24N4O17P4.K.H/c1-5-19-18(23)15-14(17-20-9(4)34-22-17)16(35-21-15)11-6-10(8(2)3)12(36-42(30,31)38-40(24,25)26)7-13(11)37-43(32,33)39-41(27,28)29;;/h6-8H,5H2,1-4H3,(H,19,23)(H,30,31)(H,32,33)(H2,24,25,26)(H2,27,28,29);;. The Kier molecular flexibility index (Phi) is 13.1. The molecule has 240 valence electrons. The molecule has 0 spiro atoms. The summed E-state index contributed by atoms with van der Waals surface area (Å²) in [4.78, 5) is 72.8.